The Morgan fingerprint density at radius 3 is 2.46 bits per heavy atom. The van der Waals surface area contributed by atoms with E-state index in [0.717, 1.165) is 44.2 Å². The first-order valence-corrected chi connectivity index (χ1v) is 9.23. The molecule has 1 unspecified atom stereocenters. The zero-order valence-corrected chi connectivity index (χ0v) is 15.6. The average molecular weight is 368 g/mol. The van der Waals surface area contributed by atoms with Gasteiger partial charge in [0.1, 0.15) is 5.84 Å². The van der Waals surface area contributed by atoms with Crippen molar-refractivity contribution in [2.75, 3.05) is 0 Å². The summed E-state index contributed by atoms with van der Waals surface area (Å²) in [6.07, 6.45) is -0.398. The lowest BCUT2D eigenvalue weighted by atomic mass is 9.92. The Morgan fingerprint density at radius 1 is 1.31 bits per heavy atom. The molecule has 26 heavy (non-hydrogen) atoms. The van der Waals surface area contributed by atoms with Gasteiger partial charge in [-0.05, 0) is 55.2 Å². The quantitative estimate of drug-likeness (QED) is 0.526. The third-order valence-electron chi connectivity index (χ3n) is 4.64. The minimum Gasteiger partial charge on any atom is -0.383 e. The van der Waals surface area contributed by atoms with Gasteiger partial charge in [-0.15, -0.1) is 0 Å². The molecule has 1 atom stereocenters. The summed E-state index contributed by atoms with van der Waals surface area (Å²) in [6, 6.07) is 3.50. The van der Waals surface area contributed by atoms with Crippen LogP contribution in [0.1, 0.15) is 75.5 Å². The number of hydrogen-bond acceptors (Lipinski definition) is 1. The molecule has 1 amide bonds. The molecule has 0 aliphatic heterocycles. The highest BCUT2D eigenvalue weighted by Crippen LogP contribution is 2.43. The minimum atomic E-state index is -4.40. The number of alkyl halides is 3. The highest BCUT2D eigenvalue weighted by molar-refractivity contribution is 6.05. The summed E-state index contributed by atoms with van der Waals surface area (Å²) < 4.78 is 39.0. The second-order valence-corrected chi connectivity index (χ2v) is 7.52. The van der Waals surface area contributed by atoms with Crippen LogP contribution >= 0.6 is 0 Å². The fraction of sp³-hybridized carbons (Fsp3) is 0.600. The van der Waals surface area contributed by atoms with Crippen molar-refractivity contribution in [3.05, 3.63) is 34.9 Å². The second-order valence-electron chi connectivity index (χ2n) is 7.52. The van der Waals surface area contributed by atoms with Crippen molar-refractivity contribution in [3.8, 4) is 0 Å². The number of carbonyl (C=O) groups excluding carboxylic acids is 1. The summed E-state index contributed by atoms with van der Waals surface area (Å²) in [5.41, 5.74) is 6.34. The Labute approximate surface area is 152 Å². The van der Waals surface area contributed by atoms with Crippen LogP contribution in [0.5, 0.6) is 0 Å². The number of nitrogens with two attached hydrogens (primary N) is 1. The van der Waals surface area contributed by atoms with Gasteiger partial charge in [0.25, 0.3) is 5.91 Å². The van der Waals surface area contributed by atoms with Crippen molar-refractivity contribution in [2.45, 2.75) is 65.0 Å². The van der Waals surface area contributed by atoms with Crippen molar-refractivity contribution in [2.24, 2.45) is 22.6 Å². The fourth-order valence-corrected chi connectivity index (χ4v) is 3.23. The van der Waals surface area contributed by atoms with Crippen LogP contribution in [0.3, 0.4) is 0 Å². The number of rotatable bonds is 7. The van der Waals surface area contributed by atoms with Gasteiger partial charge in [-0.1, -0.05) is 33.3 Å². The van der Waals surface area contributed by atoms with Gasteiger partial charge >= 0.3 is 6.18 Å². The predicted molar refractivity (Wildman–Crippen MR) is 97.0 cm³/mol. The van der Waals surface area contributed by atoms with E-state index in [0.29, 0.717) is 17.0 Å². The summed E-state index contributed by atoms with van der Waals surface area (Å²) in [5.74, 6) is -0.0224. The molecule has 1 aliphatic rings. The number of aliphatic imine (C=N–C) groups is 1. The largest absolute Gasteiger partial charge is 0.416 e. The van der Waals surface area contributed by atoms with E-state index in [9.17, 15) is 18.0 Å². The van der Waals surface area contributed by atoms with E-state index in [2.05, 4.69) is 4.99 Å². The van der Waals surface area contributed by atoms with E-state index in [1.54, 1.807) is 0 Å². The third kappa shape index (κ3) is 5.32. The number of benzene rings is 1. The van der Waals surface area contributed by atoms with Gasteiger partial charge < -0.3 is 5.73 Å². The molecule has 1 aromatic rings. The van der Waals surface area contributed by atoms with E-state index in [1.165, 1.54) is 6.07 Å². The number of amidine groups is 1. The maximum absolute atomic E-state index is 13.0. The summed E-state index contributed by atoms with van der Waals surface area (Å²) in [4.78, 5) is 16.6. The Morgan fingerprint density at radius 2 is 1.96 bits per heavy atom. The van der Waals surface area contributed by atoms with Gasteiger partial charge in [-0.25, -0.2) is 0 Å². The third-order valence-corrected chi connectivity index (χ3v) is 4.64. The molecule has 144 valence electrons. The molecule has 0 spiro atoms. The first-order valence-electron chi connectivity index (χ1n) is 9.23. The van der Waals surface area contributed by atoms with Gasteiger partial charge in [0, 0.05) is 11.5 Å². The standard InChI is InChI=1S/C20H27F3N2O/c1-4-5-14(10-12(2)3)19(26)25-18(24)16-9-8-15(20(21,22)23)11-17(16)13-6-7-13/h8-9,11-14H,4-7,10H2,1-3H3,(H2,24,25,26). The number of nitrogens with zero attached hydrogens (tertiary/aromatic N) is 1. The van der Waals surface area contributed by atoms with Gasteiger partial charge in [-0.2, -0.15) is 18.2 Å². The second kappa shape index (κ2) is 8.23. The highest BCUT2D eigenvalue weighted by atomic mass is 19.4. The molecule has 3 nitrogen and oxygen atoms in total. The maximum atomic E-state index is 13.0. The zero-order valence-electron chi connectivity index (χ0n) is 15.6. The molecule has 1 aromatic carbocycles. The van der Waals surface area contributed by atoms with E-state index in [4.69, 9.17) is 5.73 Å². The van der Waals surface area contributed by atoms with Crippen LogP contribution < -0.4 is 5.73 Å². The van der Waals surface area contributed by atoms with Crippen LogP contribution in [0, 0.1) is 11.8 Å². The molecule has 2 rings (SSSR count). The minimum absolute atomic E-state index is 0.0236. The Kier molecular flexibility index (Phi) is 6.48. The van der Waals surface area contributed by atoms with Crippen LogP contribution in [0.2, 0.25) is 0 Å². The normalized spacial score (nSPS) is 16.8. The van der Waals surface area contributed by atoms with Crippen molar-refractivity contribution in [1.29, 1.82) is 0 Å². The summed E-state index contributed by atoms with van der Waals surface area (Å²) >= 11 is 0. The molecule has 0 bridgehead atoms. The average Bonchev–Trinajstić information content (AvgIpc) is 3.37. The summed E-state index contributed by atoms with van der Waals surface area (Å²) in [7, 11) is 0. The molecule has 1 saturated carbocycles. The van der Waals surface area contributed by atoms with Crippen molar-refractivity contribution < 1.29 is 18.0 Å². The molecule has 6 heteroatoms. The van der Waals surface area contributed by atoms with E-state index in [-0.39, 0.29) is 23.6 Å². The number of hydrogen-bond donors (Lipinski definition) is 1. The van der Waals surface area contributed by atoms with E-state index in [1.807, 2.05) is 20.8 Å². The van der Waals surface area contributed by atoms with Crippen LogP contribution in [0.25, 0.3) is 0 Å². The van der Waals surface area contributed by atoms with Crippen molar-refractivity contribution in [3.63, 3.8) is 0 Å². The molecule has 0 radical (unpaired) electrons. The van der Waals surface area contributed by atoms with Crippen molar-refractivity contribution in [1.82, 2.24) is 0 Å². The maximum Gasteiger partial charge on any atom is 0.416 e. The van der Waals surface area contributed by atoms with Gasteiger partial charge in [0.2, 0.25) is 0 Å². The molecule has 0 saturated heterocycles. The smallest absolute Gasteiger partial charge is 0.383 e. The van der Waals surface area contributed by atoms with Gasteiger partial charge in [0.05, 0.1) is 5.56 Å². The molecule has 2 N–H and O–H groups in total. The molecular weight excluding hydrogens is 341 g/mol. The van der Waals surface area contributed by atoms with Crippen LogP contribution in [-0.4, -0.2) is 11.7 Å². The summed E-state index contributed by atoms with van der Waals surface area (Å²) in [6.45, 7) is 6.10. The van der Waals surface area contributed by atoms with Gasteiger partial charge in [0.15, 0.2) is 0 Å². The SMILES string of the molecule is CCCC(CC(C)C)C(=O)N=C(N)c1ccc(C(F)(F)F)cc1C1CC1. The lowest BCUT2D eigenvalue weighted by Crippen LogP contribution is -2.22. The lowest BCUT2D eigenvalue weighted by molar-refractivity contribution is -0.137. The lowest BCUT2D eigenvalue weighted by Gasteiger charge is -2.16. The topological polar surface area (TPSA) is 55.5 Å². The number of carbonyl (C=O) groups is 1. The monoisotopic (exact) mass is 368 g/mol. The highest BCUT2D eigenvalue weighted by Gasteiger charge is 2.34. The van der Waals surface area contributed by atoms with Crippen LogP contribution in [0.15, 0.2) is 23.2 Å². The molecule has 0 heterocycles. The van der Waals surface area contributed by atoms with E-state index >= 15 is 0 Å². The van der Waals surface area contributed by atoms with E-state index < -0.39 is 11.7 Å². The first-order chi connectivity index (χ1) is 12.1. The molecule has 1 fully saturated rings. The molecule has 1 aliphatic carbocycles. The fourth-order valence-electron chi connectivity index (χ4n) is 3.23. The van der Waals surface area contributed by atoms with Gasteiger partial charge in [-0.3, -0.25) is 4.79 Å². The van der Waals surface area contributed by atoms with Crippen molar-refractivity contribution >= 4 is 11.7 Å². The van der Waals surface area contributed by atoms with Crippen LogP contribution in [0.4, 0.5) is 13.2 Å². The molecular formula is C20H27F3N2O. The predicted octanol–water partition coefficient (Wildman–Crippen LogP) is 5.28. The summed E-state index contributed by atoms with van der Waals surface area (Å²) in [5, 5.41) is 0. The number of amides is 1. The Hall–Kier alpha value is -1.85. The Balaban J connectivity index is 2.31. The van der Waals surface area contributed by atoms with Crippen LogP contribution in [-0.2, 0) is 11.0 Å². The first kappa shape index (κ1) is 20.5. The number of halogens is 3. The Bertz CT molecular complexity index is 676. The zero-order chi connectivity index (χ0) is 19.5. The molecule has 0 aromatic heterocycles.